The van der Waals surface area contributed by atoms with E-state index in [1.165, 1.54) is 10.6 Å². The molecule has 0 spiro atoms. The van der Waals surface area contributed by atoms with Gasteiger partial charge in [0, 0.05) is 22.9 Å². The first-order chi connectivity index (χ1) is 10.1. The molecule has 0 bridgehead atoms. The van der Waals surface area contributed by atoms with Gasteiger partial charge in [-0.05, 0) is 19.5 Å². The first-order valence-corrected chi connectivity index (χ1v) is 8.39. The summed E-state index contributed by atoms with van der Waals surface area (Å²) in [4.78, 5) is 4.61. The van der Waals surface area contributed by atoms with E-state index in [0.29, 0.717) is 12.5 Å². The molecule has 1 aromatic heterocycles. The highest BCUT2D eigenvalue weighted by Gasteiger charge is 2.11. The van der Waals surface area contributed by atoms with Crippen molar-refractivity contribution in [1.29, 1.82) is 0 Å². The van der Waals surface area contributed by atoms with Crippen LogP contribution in [0.15, 0.2) is 29.6 Å². The maximum Gasteiger partial charge on any atom is 0.131 e. The highest BCUT2D eigenvalue weighted by atomic mass is 32.1. The predicted molar refractivity (Wildman–Crippen MR) is 89.1 cm³/mol. The molecule has 1 N–H and O–H groups in total. The number of rotatable bonds is 7. The van der Waals surface area contributed by atoms with Crippen LogP contribution in [-0.2, 0) is 6.61 Å². The molecule has 1 unspecified atom stereocenters. The molecule has 4 heteroatoms. The van der Waals surface area contributed by atoms with Gasteiger partial charge in [-0.2, -0.15) is 0 Å². The second-order valence-electron chi connectivity index (χ2n) is 5.44. The number of ether oxygens (including phenoxy) is 1. The summed E-state index contributed by atoms with van der Waals surface area (Å²) in [7, 11) is 0. The van der Waals surface area contributed by atoms with E-state index in [2.05, 4.69) is 55.5 Å². The lowest BCUT2D eigenvalue weighted by atomic mass is 10.1. The van der Waals surface area contributed by atoms with Crippen molar-refractivity contribution in [3.63, 3.8) is 0 Å². The van der Waals surface area contributed by atoms with Crippen LogP contribution in [-0.4, -0.2) is 11.5 Å². The van der Waals surface area contributed by atoms with Gasteiger partial charge in [-0.1, -0.05) is 39.0 Å². The Morgan fingerprint density at radius 2 is 2.00 bits per heavy atom. The van der Waals surface area contributed by atoms with Crippen molar-refractivity contribution in [1.82, 2.24) is 10.3 Å². The smallest absolute Gasteiger partial charge is 0.131 e. The molecule has 0 aliphatic rings. The first-order valence-electron chi connectivity index (χ1n) is 7.51. The molecule has 0 amide bonds. The minimum Gasteiger partial charge on any atom is -0.487 e. The molecule has 1 atom stereocenters. The van der Waals surface area contributed by atoms with Crippen molar-refractivity contribution >= 4 is 11.3 Å². The van der Waals surface area contributed by atoms with E-state index in [1.807, 2.05) is 12.1 Å². The molecule has 0 saturated heterocycles. The van der Waals surface area contributed by atoms with Crippen molar-refractivity contribution in [2.75, 3.05) is 6.54 Å². The van der Waals surface area contributed by atoms with Crippen LogP contribution in [0.1, 0.15) is 55.9 Å². The summed E-state index contributed by atoms with van der Waals surface area (Å²) in [6, 6.07) is 8.49. The summed E-state index contributed by atoms with van der Waals surface area (Å²) in [5.41, 5.74) is 2.20. The van der Waals surface area contributed by atoms with Crippen LogP contribution in [0.25, 0.3) is 0 Å². The predicted octanol–water partition coefficient (Wildman–Crippen LogP) is 4.52. The lowest BCUT2D eigenvalue weighted by Crippen LogP contribution is -2.18. The molecule has 1 aromatic carbocycles. The Kier molecular flexibility index (Phi) is 5.76. The first kappa shape index (κ1) is 16.0. The zero-order valence-electron chi connectivity index (χ0n) is 13.2. The molecule has 3 nitrogen and oxygen atoms in total. The Labute approximate surface area is 131 Å². The quantitative estimate of drug-likeness (QED) is 0.817. The van der Waals surface area contributed by atoms with E-state index in [-0.39, 0.29) is 6.04 Å². The zero-order valence-corrected chi connectivity index (χ0v) is 14.0. The fourth-order valence-corrected chi connectivity index (χ4v) is 3.01. The summed E-state index contributed by atoms with van der Waals surface area (Å²) in [5.74, 6) is 1.41. The molecular formula is C17H24N2OS. The molecular weight excluding hydrogens is 280 g/mol. The third kappa shape index (κ3) is 4.29. The van der Waals surface area contributed by atoms with Gasteiger partial charge in [-0.3, -0.25) is 0 Å². The van der Waals surface area contributed by atoms with Gasteiger partial charge >= 0.3 is 0 Å². The van der Waals surface area contributed by atoms with E-state index in [1.54, 1.807) is 11.3 Å². The van der Waals surface area contributed by atoms with Gasteiger partial charge in [0.15, 0.2) is 0 Å². The van der Waals surface area contributed by atoms with E-state index >= 15 is 0 Å². The number of hydrogen-bond donors (Lipinski definition) is 1. The van der Waals surface area contributed by atoms with Gasteiger partial charge in [0.1, 0.15) is 12.4 Å². The van der Waals surface area contributed by atoms with Crippen LogP contribution < -0.4 is 10.1 Å². The average Bonchev–Trinajstić information content (AvgIpc) is 2.95. The molecule has 114 valence electrons. The summed E-state index contributed by atoms with van der Waals surface area (Å²) in [6.07, 6.45) is 0. The number of thiazole rings is 1. The van der Waals surface area contributed by atoms with E-state index in [9.17, 15) is 0 Å². The topological polar surface area (TPSA) is 34.1 Å². The van der Waals surface area contributed by atoms with E-state index in [0.717, 1.165) is 18.0 Å². The SMILES string of the molecule is CCNC(C)c1ccccc1OCc1csc(C(C)C)n1. The normalized spacial score (nSPS) is 12.6. The number of para-hydroxylation sites is 1. The molecule has 0 aliphatic carbocycles. The fraction of sp³-hybridized carbons (Fsp3) is 0.471. The Bertz CT molecular complexity index is 565. The Hall–Kier alpha value is -1.39. The highest BCUT2D eigenvalue weighted by molar-refractivity contribution is 7.09. The van der Waals surface area contributed by atoms with Crippen molar-refractivity contribution < 1.29 is 4.74 Å². The maximum atomic E-state index is 5.99. The summed E-state index contributed by atoms with van der Waals surface area (Å²) >= 11 is 1.71. The van der Waals surface area contributed by atoms with Crippen LogP contribution in [0.3, 0.4) is 0 Å². The third-order valence-corrected chi connectivity index (χ3v) is 4.53. The number of nitrogens with one attached hydrogen (secondary N) is 1. The van der Waals surface area contributed by atoms with Crippen molar-refractivity contribution in [2.45, 2.75) is 46.3 Å². The number of benzene rings is 1. The van der Waals surface area contributed by atoms with Gasteiger partial charge < -0.3 is 10.1 Å². The minimum absolute atomic E-state index is 0.285. The van der Waals surface area contributed by atoms with Crippen LogP contribution >= 0.6 is 11.3 Å². The number of aromatic nitrogens is 1. The van der Waals surface area contributed by atoms with Crippen LogP contribution in [0.5, 0.6) is 5.75 Å². The van der Waals surface area contributed by atoms with Crippen molar-refractivity contribution in [2.24, 2.45) is 0 Å². The Balaban J connectivity index is 2.05. The van der Waals surface area contributed by atoms with E-state index in [4.69, 9.17) is 4.74 Å². The number of hydrogen-bond acceptors (Lipinski definition) is 4. The van der Waals surface area contributed by atoms with Gasteiger partial charge in [-0.25, -0.2) is 4.98 Å². The molecule has 0 radical (unpaired) electrons. The lowest BCUT2D eigenvalue weighted by Gasteiger charge is -2.17. The zero-order chi connectivity index (χ0) is 15.2. The summed E-state index contributed by atoms with van der Waals surface area (Å²) in [6.45, 7) is 10.1. The maximum absolute atomic E-state index is 5.99. The van der Waals surface area contributed by atoms with Gasteiger partial charge in [0.05, 0.1) is 10.7 Å². The van der Waals surface area contributed by atoms with Crippen LogP contribution in [0, 0.1) is 0 Å². The molecule has 2 aromatic rings. The number of nitrogens with zero attached hydrogens (tertiary/aromatic N) is 1. The second-order valence-corrected chi connectivity index (χ2v) is 6.33. The minimum atomic E-state index is 0.285. The van der Waals surface area contributed by atoms with E-state index < -0.39 is 0 Å². The Morgan fingerprint density at radius 3 is 2.67 bits per heavy atom. The van der Waals surface area contributed by atoms with Crippen molar-refractivity contribution in [3.05, 3.63) is 45.9 Å². The van der Waals surface area contributed by atoms with Crippen LogP contribution in [0.4, 0.5) is 0 Å². The van der Waals surface area contributed by atoms with Gasteiger partial charge in [0.25, 0.3) is 0 Å². The van der Waals surface area contributed by atoms with Gasteiger partial charge in [0.2, 0.25) is 0 Å². The molecule has 21 heavy (non-hydrogen) atoms. The second kappa shape index (κ2) is 7.57. The average molecular weight is 304 g/mol. The highest BCUT2D eigenvalue weighted by Crippen LogP contribution is 2.26. The standard InChI is InChI=1S/C17H24N2OS/c1-5-18-13(4)15-8-6-7-9-16(15)20-10-14-11-21-17(19-14)12(2)3/h6-9,11-13,18H,5,10H2,1-4H3. The summed E-state index contributed by atoms with van der Waals surface area (Å²) in [5, 5.41) is 6.68. The van der Waals surface area contributed by atoms with Crippen LogP contribution in [0.2, 0.25) is 0 Å². The molecule has 0 fully saturated rings. The molecule has 0 saturated carbocycles. The summed E-state index contributed by atoms with van der Waals surface area (Å²) < 4.78 is 5.99. The lowest BCUT2D eigenvalue weighted by molar-refractivity contribution is 0.295. The van der Waals surface area contributed by atoms with Gasteiger partial charge in [-0.15, -0.1) is 11.3 Å². The van der Waals surface area contributed by atoms with Crippen molar-refractivity contribution in [3.8, 4) is 5.75 Å². The Morgan fingerprint density at radius 1 is 1.24 bits per heavy atom. The monoisotopic (exact) mass is 304 g/mol. The molecule has 0 aliphatic heterocycles. The largest absolute Gasteiger partial charge is 0.487 e. The molecule has 1 heterocycles. The molecule has 2 rings (SSSR count). The third-order valence-electron chi connectivity index (χ3n) is 3.33. The fourth-order valence-electron chi connectivity index (χ4n) is 2.19.